The predicted molar refractivity (Wildman–Crippen MR) is 32.6 cm³/mol. The molecule has 0 unspecified atom stereocenters. The lowest BCUT2D eigenvalue weighted by atomic mass is 10.3. The zero-order valence-corrected chi connectivity index (χ0v) is 5.56. The van der Waals surface area contributed by atoms with Crippen molar-refractivity contribution < 1.29 is 9.84 Å². The Hall–Kier alpha value is -0.660. The van der Waals surface area contributed by atoms with Crippen LogP contribution in [0.15, 0.2) is 11.5 Å². The molecule has 48 valence electrons. The third-order valence-electron chi connectivity index (χ3n) is 0.971. The average molecular weight is 116 g/mol. The van der Waals surface area contributed by atoms with Gasteiger partial charge in [0.2, 0.25) is 0 Å². The summed E-state index contributed by atoms with van der Waals surface area (Å²) in [6.45, 7) is 3.54. The first-order valence-electron chi connectivity index (χ1n) is 2.65. The van der Waals surface area contributed by atoms with Gasteiger partial charge in [0.15, 0.2) is 0 Å². The standard InChI is InChI=1S/C6H12O2/c1-4-6(8-3)5(2)7/h7H,4H2,1-3H3/b6-5-. The van der Waals surface area contributed by atoms with Crippen molar-refractivity contribution in [3.8, 4) is 0 Å². The summed E-state index contributed by atoms with van der Waals surface area (Å²) in [6.07, 6.45) is 0.749. The molecule has 0 aliphatic carbocycles. The molecule has 1 N–H and O–H groups in total. The lowest BCUT2D eigenvalue weighted by Crippen LogP contribution is -1.88. The fourth-order valence-corrected chi connectivity index (χ4v) is 0.548. The van der Waals surface area contributed by atoms with Crippen LogP contribution in [0.1, 0.15) is 20.3 Å². The van der Waals surface area contributed by atoms with Crippen molar-refractivity contribution in [2.75, 3.05) is 7.11 Å². The second-order valence-electron chi connectivity index (χ2n) is 1.57. The van der Waals surface area contributed by atoms with Crippen LogP contribution in [0.25, 0.3) is 0 Å². The molecular formula is C6H12O2. The Morgan fingerprint density at radius 1 is 1.62 bits per heavy atom. The Kier molecular flexibility index (Phi) is 3.08. The highest BCUT2D eigenvalue weighted by Gasteiger charge is 1.94. The number of hydrogen-bond acceptors (Lipinski definition) is 2. The fourth-order valence-electron chi connectivity index (χ4n) is 0.548. The molecule has 0 bridgehead atoms. The maximum atomic E-state index is 8.77. The first kappa shape index (κ1) is 7.34. The van der Waals surface area contributed by atoms with Gasteiger partial charge in [-0.3, -0.25) is 0 Å². The van der Waals surface area contributed by atoms with Crippen LogP contribution in [-0.4, -0.2) is 12.2 Å². The number of hydrogen-bond donors (Lipinski definition) is 1. The van der Waals surface area contributed by atoms with E-state index in [0.717, 1.165) is 6.42 Å². The molecule has 2 heteroatoms. The normalized spacial score (nSPS) is 12.9. The molecule has 0 amide bonds. The summed E-state index contributed by atoms with van der Waals surface area (Å²) >= 11 is 0. The van der Waals surface area contributed by atoms with E-state index >= 15 is 0 Å². The number of aliphatic hydroxyl groups is 1. The van der Waals surface area contributed by atoms with Gasteiger partial charge in [0.1, 0.15) is 11.5 Å². The Morgan fingerprint density at radius 3 is 2.12 bits per heavy atom. The highest BCUT2D eigenvalue weighted by molar-refractivity contribution is 4.95. The SMILES string of the molecule is CC/C(OC)=C(\C)O. The minimum atomic E-state index is 0.273. The van der Waals surface area contributed by atoms with Crippen molar-refractivity contribution in [2.24, 2.45) is 0 Å². The molecular weight excluding hydrogens is 104 g/mol. The first-order valence-corrected chi connectivity index (χ1v) is 2.65. The van der Waals surface area contributed by atoms with Crippen LogP contribution in [0, 0.1) is 0 Å². The van der Waals surface area contributed by atoms with E-state index in [1.54, 1.807) is 14.0 Å². The van der Waals surface area contributed by atoms with Crippen molar-refractivity contribution in [3.63, 3.8) is 0 Å². The van der Waals surface area contributed by atoms with Crippen molar-refractivity contribution in [3.05, 3.63) is 11.5 Å². The summed E-state index contributed by atoms with van der Waals surface area (Å²) in [7, 11) is 1.55. The molecule has 0 radical (unpaired) electrons. The molecule has 0 rings (SSSR count). The van der Waals surface area contributed by atoms with Gasteiger partial charge in [-0.25, -0.2) is 0 Å². The molecule has 2 nitrogen and oxygen atoms in total. The topological polar surface area (TPSA) is 29.5 Å². The molecule has 0 heterocycles. The van der Waals surface area contributed by atoms with Crippen LogP contribution in [0.2, 0.25) is 0 Å². The Bertz CT molecular complexity index is 84.7. The lowest BCUT2D eigenvalue weighted by molar-refractivity contribution is 0.245. The number of ether oxygens (including phenoxy) is 1. The zero-order chi connectivity index (χ0) is 6.57. The highest BCUT2D eigenvalue weighted by Crippen LogP contribution is 2.04. The number of aliphatic hydroxyl groups excluding tert-OH is 1. The van der Waals surface area contributed by atoms with E-state index < -0.39 is 0 Å². The second kappa shape index (κ2) is 3.36. The van der Waals surface area contributed by atoms with Crippen molar-refractivity contribution in [1.82, 2.24) is 0 Å². The summed E-state index contributed by atoms with van der Waals surface area (Å²) in [5.41, 5.74) is 0. The minimum Gasteiger partial charge on any atom is -0.509 e. The Morgan fingerprint density at radius 2 is 2.12 bits per heavy atom. The monoisotopic (exact) mass is 116 g/mol. The van der Waals surface area contributed by atoms with E-state index in [4.69, 9.17) is 9.84 Å². The van der Waals surface area contributed by atoms with Crippen LogP contribution in [0.3, 0.4) is 0 Å². The zero-order valence-electron chi connectivity index (χ0n) is 5.56. The summed E-state index contributed by atoms with van der Waals surface area (Å²) in [4.78, 5) is 0. The molecule has 0 saturated carbocycles. The minimum absolute atomic E-state index is 0.273. The highest BCUT2D eigenvalue weighted by atomic mass is 16.5. The predicted octanol–water partition coefficient (Wildman–Crippen LogP) is 1.83. The van der Waals surface area contributed by atoms with Crippen molar-refractivity contribution >= 4 is 0 Å². The third kappa shape index (κ3) is 1.87. The quantitative estimate of drug-likeness (QED) is 0.558. The number of rotatable bonds is 2. The van der Waals surface area contributed by atoms with E-state index in [-0.39, 0.29) is 5.76 Å². The van der Waals surface area contributed by atoms with Crippen LogP contribution in [0.5, 0.6) is 0 Å². The van der Waals surface area contributed by atoms with E-state index in [0.29, 0.717) is 5.76 Å². The summed E-state index contributed by atoms with van der Waals surface area (Å²) in [6, 6.07) is 0. The van der Waals surface area contributed by atoms with Gasteiger partial charge in [0, 0.05) is 6.42 Å². The molecule has 0 aromatic carbocycles. The second-order valence-corrected chi connectivity index (χ2v) is 1.57. The van der Waals surface area contributed by atoms with Crippen LogP contribution in [-0.2, 0) is 4.74 Å². The molecule has 8 heavy (non-hydrogen) atoms. The van der Waals surface area contributed by atoms with E-state index in [1.807, 2.05) is 6.92 Å². The molecule has 0 aromatic heterocycles. The maximum Gasteiger partial charge on any atom is 0.132 e. The van der Waals surface area contributed by atoms with Gasteiger partial charge in [0.05, 0.1) is 7.11 Å². The lowest BCUT2D eigenvalue weighted by Gasteiger charge is -2.01. The number of methoxy groups -OCH3 is 1. The first-order chi connectivity index (χ1) is 3.72. The van der Waals surface area contributed by atoms with E-state index in [9.17, 15) is 0 Å². The Labute approximate surface area is 49.8 Å². The molecule has 0 aromatic rings. The van der Waals surface area contributed by atoms with Gasteiger partial charge < -0.3 is 9.84 Å². The van der Waals surface area contributed by atoms with Crippen LogP contribution in [0.4, 0.5) is 0 Å². The Balaban J connectivity index is 3.86. The van der Waals surface area contributed by atoms with Gasteiger partial charge in [0.25, 0.3) is 0 Å². The van der Waals surface area contributed by atoms with E-state index in [2.05, 4.69) is 0 Å². The fraction of sp³-hybridized carbons (Fsp3) is 0.667. The molecule has 0 fully saturated rings. The van der Waals surface area contributed by atoms with Gasteiger partial charge in [-0.1, -0.05) is 6.92 Å². The number of allylic oxidation sites excluding steroid dienone is 2. The van der Waals surface area contributed by atoms with Crippen LogP contribution >= 0.6 is 0 Å². The summed E-state index contributed by atoms with van der Waals surface area (Å²) in [5.74, 6) is 0.931. The van der Waals surface area contributed by atoms with Crippen molar-refractivity contribution in [2.45, 2.75) is 20.3 Å². The molecule has 0 saturated heterocycles. The van der Waals surface area contributed by atoms with Gasteiger partial charge in [-0.2, -0.15) is 0 Å². The third-order valence-corrected chi connectivity index (χ3v) is 0.971. The van der Waals surface area contributed by atoms with Gasteiger partial charge in [-0.15, -0.1) is 0 Å². The molecule has 0 aliphatic rings. The summed E-state index contributed by atoms with van der Waals surface area (Å²) in [5, 5.41) is 8.77. The molecule has 0 aliphatic heterocycles. The average Bonchev–Trinajstić information content (AvgIpc) is 1.69. The molecule has 0 spiro atoms. The van der Waals surface area contributed by atoms with Gasteiger partial charge in [-0.05, 0) is 6.92 Å². The maximum absolute atomic E-state index is 8.77. The smallest absolute Gasteiger partial charge is 0.132 e. The summed E-state index contributed by atoms with van der Waals surface area (Å²) < 4.78 is 4.79. The van der Waals surface area contributed by atoms with Crippen LogP contribution < -0.4 is 0 Å². The van der Waals surface area contributed by atoms with Gasteiger partial charge >= 0.3 is 0 Å². The molecule has 0 atom stereocenters. The largest absolute Gasteiger partial charge is 0.509 e. The van der Waals surface area contributed by atoms with E-state index in [1.165, 1.54) is 0 Å². The van der Waals surface area contributed by atoms with Crippen molar-refractivity contribution in [1.29, 1.82) is 0 Å².